The van der Waals surface area contributed by atoms with Crippen LogP contribution in [0.15, 0.2) is 18.2 Å². The smallest absolute Gasteiger partial charge is 0.00775 e. The first kappa shape index (κ1) is 22.1. The molecule has 0 aliphatic rings. The van der Waals surface area contributed by atoms with Gasteiger partial charge in [0.25, 0.3) is 0 Å². The van der Waals surface area contributed by atoms with Crippen LogP contribution in [0.5, 0.6) is 0 Å². The predicted octanol–water partition coefficient (Wildman–Crippen LogP) is 5.09. The summed E-state index contributed by atoms with van der Waals surface area (Å²) in [5.41, 5.74) is 3.08. The van der Waals surface area contributed by atoms with Gasteiger partial charge in [0.2, 0.25) is 0 Å². The van der Waals surface area contributed by atoms with Crippen LogP contribution in [-0.2, 0) is 6.42 Å². The summed E-state index contributed by atoms with van der Waals surface area (Å²) in [5, 5.41) is 3.11. The Labute approximate surface area is 148 Å². The van der Waals surface area contributed by atoms with Crippen LogP contribution in [0, 0.1) is 6.92 Å². The first-order chi connectivity index (χ1) is 10.4. The summed E-state index contributed by atoms with van der Waals surface area (Å²) >= 11 is -1.52. The van der Waals surface area contributed by atoms with E-state index < -0.39 is 21.8 Å². The van der Waals surface area contributed by atoms with Crippen LogP contribution < -0.4 is 8.59 Å². The van der Waals surface area contributed by atoms with Crippen LogP contribution in [0.25, 0.3) is 0 Å². The van der Waals surface area contributed by atoms with Gasteiger partial charge >= 0.3 is 116 Å². The van der Waals surface area contributed by atoms with Gasteiger partial charge < -0.3 is 5.32 Å². The molecule has 0 heterocycles. The zero-order valence-corrected chi connectivity index (χ0v) is 19.6. The van der Waals surface area contributed by atoms with Gasteiger partial charge in [-0.2, -0.15) is 0 Å². The molecule has 0 radical (unpaired) electrons. The molecule has 128 valence electrons. The van der Waals surface area contributed by atoms with Crippen molar-refractivity contribution >= 4 is 25.0 Å². The summed E-state index contributed by atoms with van der Waals surface area (Å²) in [7, 11) is 0. The number of hydrogen-bond donors (Lipinski definition) is 1. The number of aryl methyl sites for hydroxylation is 2. The third kappa shape index (κ3) is 8.07. The van der Waals surface area contributed by atoms with Crippen LogP contribution in [0.1, 0.15) is 66.0 Å². The maximum absolute atomic E-state index is 3.11. The van der Waals surface area contributed by atoms with Crippen LogP contribution in [0.2, 0.25) is 7.25 Å². The van der Waals surface area contributed by atoms with Crippen molar-refractivity contribution in [2.45, 2.75) is 75.5 Å². The van der Waals surface area contributed by atoms with Crippen molar-refractivity contribution in [2.24, 2.45) is 0 Å². The minimum atomic E-state index is -1.52. The summed E-state index contributed by atoms with van der Waals surface area (Å²) < 4.78 is 3.59. The monoisotopic (exact) mass is 501 g/mol. The molecule has 2 heteroatoms. The van der Waals surface area contributed by atoms with Crippen LogP contribution in [0.3, 0.4) is 0 Å². The van der Waals surface area contributed by atoms with E-state index in [1.165, 1.54) is 18.4 Å². The van der Waals surface area contributed by atoms with Gasteiger partial charge in [0.1, 0.15) is 0 Å². The number of benzene rings is 1. The van der Waals surface area contributed by atoms with E-state index in [0.29, 0.717) is 0 Å². The van der Waals surface area contributed by atoms with Gasteiger partial charge in [-0.15, -0.1) is 0 Å². The molecule has 1 aromatic carbocycles. The molecule has 0 saturated carbocycles. The molecule has 0 fully saturated rings. The van der Waals surface area contributed by atoms with Crippen molar-refractivity contribution in [3.05, 3.63) is 29.3 Å². The Hall–Kier alpha value is 0.0631. The fourth-order valence-corrected chi connectivity index (χ4v) is 14.6. The Balaban J connectivity index is 0.000000763. The SMILES string of the molecule is CCCc1cc[c]([Bi]([CH](C)C)[CH](C)C)c(C)c1.CCNCC. The molecule has 0 aliphatic carbocycles. The molecule has 1 rings (SSSR count). The largest absolute Gasteiger partial charge is 0.317 e. The molecular weight excluding hydrogens is 463 g/mol. The molecule has 0 aliphatic heterocycles. The number of nitrogens with one attached hydrogen (secondary N) is 1. The molecule has 22 heavy (non-hydrogen) atoms. The Morgan fingerprint density at radius 1 is 0.955 bits per heavy atom. The van der Waals surface area contributed by atoms with E-state index in [0.717, 1.165) is 20.3 Å². The second-order valence-electron chi connectivity index (χ2n) is 6.42. The van der Waals surface area contributed by atoms with E-state index in [1.54, 1.807) is 8.83 Å². The summed E-state index contributed by atoms with van der Waals surface area (Å²) in [6.45, 7) is 20.7. The van der Waals surface area contributed by atoms with Gasteiger partial charge in [0.05, 0.1) is 0 Å². The quantitative estimate of drug-likeness (QED) is 0.514. The maximum atomic E-state index is 3.11. The summed E-state index contributed by atoms with van der Waals surface area (Å²) in [6, 6.07) is 7.27. The third-order valence-electron chi connectivity index (χ3n) is 3.69. The number of rotatable bonds is 7. The average molecular weight is 502 g/mol. The molecule has 0 spiro atoms. The first-order valence-corrected chi connectivity index (χ1v) is 14.7. The normalized spacial score (nSPS) is 11.0. The summed E-state index contributed by atoms with van der Waals surface area (Å²) in [6.07, 6.45) is 2.48. The van der Waals surface area contributed by atoms with Crippen LogP contribution >= 0.6 is 0 Å². The molecule has 0 bridgehead atoms. The zero-order valence-electron chi connectivity index (χ0n) is 16.2. The van der Waals surface area contributed by atoms with Gasteiger partial charge in [0, 0.05) is 0 Å². The Morgan fingerprint density at radius 2 is 1.50 bits per heavy atom. The van der Waals surface area contributed by atoms with E-state index in [9.17, 15) is 0 Å². The molecule has 1 N–H and O–H groups in total. The standard InChI is InChI=1S/C10H13.C4H11N.2C3H7.Bi/c1-3-5-10-7-4-6-9(2)8-10;1-3-5-4-2;2*1-3-2;/h4,7-8H,3,5H2,1-2H3;5H,3-4H2,1-2H3;2*3H,1-2H3;. The molecule has 0 unspecified atom stereocenters. The minimum absolute atomic E-state index is 0.917. The van der Waals surface area contributed by atoms with E-state index in [4.69, 9.17) is 0 Å². The topological polar surface area (TPSA) is 12.0 Å². The van der Waals surface area contributed by atoms with E-state index in [2.05, 4.69) is 78.9 Å². The van der Waals surface area contributed by atoms with Crippen molar-refractivity contribution < 1.29 is 0 Å². The third-order valence-corrected chi connectivity index (χ3v) is 16.5. The van der Waals surface area contributed by atoms with Crippen molar-refractivity contribution in [1.29, 1.82) is 0 Å². The Kier molecular flexibility index (Phi) is 12.5. The van der Waals surface area contributed by atoms with Gasteiger partial charge in [-0.1, -0.05) is 13.8 Å². The minimum Gasteiger partial charge on any atom is -0.317 e. The predicted molar refractivity (Wildman–Crippen MR) is 105 cm³/mol. The van der Waals surface area contributed by atoms with E-state index >= 15 is 0 Å². The van der Waals surface area contributed by atoms with Crippen LogP contribution in [-0.4, -0.2) is 34.8 Å². The zero-order chi connectivity index (χ0) is 17.1. The Morgan fingerprint density at radius 3 is 1.82 bits per heavy atom. The molecule has 0 aromatic heterocycles. The van der Waals surface area contributed by atoms with Gasteiger partial charge in [-0.25, -0.2) is 0 Å². The first-order valence-electron chi connectivity index (χ1n) is 8.97. The van der Waals surface area contributed by atoms with Crippen molar-refractivity contribution in [3.63, 3.8) is 0 Å². The fourth-order valence-electron chi connectivity index (χ4n) is 2.85. The number of hydrogen-bond acceptors (Lipinski definition) is 1. The van der Waals surface area contributed by atoms with Crippen LogP contribution in [0.4, 0.5) is 0 Å². The van der Waals surface area contributed by atoms with Crippen molar-refractivity contribution in [1.82, 2.24) is 5.32 Å². The summed E-state index contributed by atoms with van der Waals surface area (Å²) in [4.78, 5) is 0. The molecule has 1 aromatic rings. The molecule has 0 amide bonds. The fraction of sp³-hybridized carbons (Fsp3) is 0.700. The van der Waals surface area contributed by atoms with Gasteiger partial charge in [-0.05, 0) is 13.1 Å². The van der Waals surface area contributed by atoms with Crippen molar-refractivity contribution in [2.75, 3.05) is 13.1 Å². The summed E-state index contributed by atoms with van der Waals surface area (Å²) in [5.74, 6) is 0. The van der Waals surface area contributed by atoms with E-state index in [-0.39, 0.29) is 0 Å². The second-order valence-corrected chi connectivity index (χ2v) is 19.5. The molecule has 0 saturated heterocycles. The average Bonchev–Trinajstić information content (AvgIpc) is 2.43. The van der Waals surface area contributed by atoms with E-state index in [1.807, 2.05) is 0 Å². The Bertz CT molecular complexity index is 389. The van der Waals surface area contributed by atoms with Crippen molar-refractivity contribution in [3.8, 4) is 0 Å². The van der Waals surface area contributed by atoms with Gasteiger partial charge in [-0.3, -0.25) is 0 Å². The van der Waals surface area contributed by atoms with Gasteiger partial charge in [0.15, 0.2) is 0 Å². The molecule has 0 atom stereocenters. The maximum Gasteiger partial charge on any atom is -0.00775 e. The second kappa shape index (κ2) is 12.5. The molecule has 1 nitrogen and oxygen atoms in total. The molecular formula is C20H38BiN.